The quantitative estimate of drug-likeness (QED) is 0.669. The number of nitrogens with two attached hydrogens (primary N) is 1. The number of hydrazine groups is 1. The van der Waals surface area contributed by atoms with Crippen LogP contribution in [0.1, 0.15) is 32.6 Å². The Morgan fingerprint density at radius 3 is 2.64 bits per heavy atom. The van der Waals surface area contributed by atoms with Gasteiger partial charge in [-0.1, -0.05) is 19.8 Å². The van der Waals surface area contributed by atoms with E-state index in [1.165, 1.54) is 25.7 Å². The van der Waals surface area contributed by atoms with Crippen molar-refractivity contribution in [2.75, 3.05) is 20.6 Å². The lowest BCUT2D eigenvalue weighted by molar-refractivity contribution is 0.154. The first kappa shape index (κ1) is 12.0. The van der Waals surface area contributed by atoms with Crippen molar-refractivity contribution in [3.05, 3.63) is 0 Å². The van der Waals surface area contributed by atoms with Gasteiger partial charge in [0, 0.05) is 26.7 Å². The number of nitrogens with zero attached hydrogens (tertiary/aromatic N) is 1. The van der Waals surface area contributed by atoms with Crippen LogP contribution in [0.3, 0.4) is 0 Å². The third-order valence-corrected chi connectivity index (χ3v) is 3.22. The van der Waals surface area contributed by atoms with Crippen LogP contribution in [0.2, 0.25) is 0 Å². The number of nitrogens with one attached hydrogen (secondary N) is 1. The van der Waals surface area contributed by atoms with Crippen LogP contribution in [0.15, 0.2) is 0 Å². The van der Waals surface area contributed by atoms with Crippen LogP contribution in [-0.4, -0.2) is 31.7 Å². The molecule has 0 aliphatic heterocycles. The van der Waals surface area contributed by atoms with Gasteiger partial charge in [-0.25, -0.2) is 0 Å². The van der Waals surface area contributed by atoms with Gasteiger partial charge in [-0.15, -0.1) is 0 Å². The molecular formula is C11H25N3. The van der Waals surface area contributed by atoms with Crippen molar-refractivity contribution < 1.29 is 0 Å². The molecular weight excluding hydrogens is 174 g/mol. The molecule has 1 rings (SSSR count). The third kappa shape index (κ3) is 3.56. The first-order valence-corrected chi connectivity index (χ1v) is 5.77. The van der Waals surface area contributed by atoms with Crippen LogP contribution >= 0.6 is 0 Å². The van der Waals surface area contributed by atoms with E-state index in [1.807, 2.05) is 19.1 Å². The Morgan fingerprint density at radius 1 is 1.43 bits per heavy atom. The molecule has 0 aromatic rings. The van der Waals surface area contributed by atoms with Crippen molar-refractivity contribution in [3.8, 4) is 0 Å². The van der Waals surface area contributed by atoms with E-state index >= 15 is 0 Å². The second-order valence-electron chi connectivity index (χ2n) is 4.90. The Kier molecular flexibility index (Phi) is 4.85. The first-order valence-electron chi connectivity index (χ1n) is 5.77. The molecule has 0 radical (unpaired) electrons. The smallest absolute Gasteiger partial charge is 0.0365 e. The third-order valence-electron chi connectivity index (χ3n) is 3.22. The SMILES string of the molecule is CC1CCCC(C(CN)NN(C)C)C1. The maximum Gasteiger partial charge on any atom is 0.0365 e. The van der Waals surface area contributed by atoms with Gasteiger partial charge in [-0.3, -0.25) is 10.4 Å². The zero-order valence-electron chi connectivity index (χ0n) is 9.79. The highest BCUT2D eigenvalue weighted by Gasteiger charge is 2.25. The lowest BCUT2D eigenvalue weighted by Gasteiger charge is -2.34. The average molecular weight is 199 g/mol. The zero-order valence-corrected chi connectivity index (χ0v) is 9.79. The molecule has 0 spiro atoms. The van der Waals surface area contributed by atoms with E-state index < -0.39 is 0 Å². The van der Waals surface area contributed by atoms with Gasteiger partial charge >= 0.3 is 0 Å². The van der Waals surface area contributed by atoms with E-state index in [-0.39, 0.29) is 0 Å². The van der Waals surface area contributed by atoms with Gasteiger partial charge in [0.15, 0.2) is 0 Å². The second kappa shape index (κ2) is 5.69. The van der Waals surface area contributed by atoms with E-state index in [0.717, 1.165) is 18.4 Å². The number of hydrogen-bond acceptors (Lipinski definition) is 3. The minimum absolute atomic E-state index is 0.466. The monoisotopic (exact) mass is 199 g/mol. The van der Waals surface area contributed by atoms with Gasteiger partial charge in [0.25, 0.3) is 0 Å². The van der Waals surface area contributed by atoms with Crippen LogP contribution in [0.4, 0.5) is 0 Å². The maximum atomic E-state index is 5.81. The summed E-state index contributed by atoms with van der Waals surface area (Å²) in [4.78, 5) is 0. The minimum Gasteiger partial charge on any atom is -0.329 e. The molecule has 3 heteroatoms. The lowest BCUT2D eigenvalue weighted by Crippen LogP contribution is -2.49. The van der Waals surface area contributed by atoms with Crippen LogP contribution in [-0.2, 0) is 0 Å². The zero-order chi connectivity index (χ0) is 10.6. The topological polar surface area (TPSA) is 41.3 Å². The molecule has 0 heterocycles. The Bertz CT molecular complexity index is 157. The lowest BCUT2D eigenvalue weighted by atomic mass is 9.79. The largest absolute Gasteiger partial charge is 0.329 e. The van der Waals surface area contributed by atoms with E-state index in [0.29, 0.717) is 6.04 Å². The summed E-state index contributed by atoms with van der Waals surface area (Å²) in [5.41, 5.74) is 9.24. The summed E-state index contributed by atoms with van der Waals surface area (Å²) in [6, 6.07) is 0.466. The highest BCUT2D eigenvalue weighted by atomic mass is 15.5. The maximum absolute atomic E-state index is 5.81. The van der Waals surface area contributed by atoms with Gasteiger partial charge in [0.1, 0.15) is 0 Å². The van der Waals surface area contributed by atoms with Crippen LogP contribution in [0.5, 0.6) is 0 Å². The molecule has 3 nitrogen and oxygen atoms in total. The highest BCUT2D eigenvalue weighted by molar-refractivity contribution is 4.81. The van der Waals surface area contributed by atoms with E-state index in [1.54, 1.807) is 0 Å². The summed E-state index contributed by atoms with van der Waals surface area (Å²) >= 11 is 0. The Morgan fingerprint density at radius 2 is 2.14 bits per heavy atom. The molecule has 1 fully saturated rings. The molecule has 1 aliphatic carbocycles. The van der Waals surface area contributed by atoms with Crippen molar-refractivity contribution in [1.82, 2.24) is 10.4 Å². The molecule has 3 N–H and O–H groups in total. The Balaban J connectivity index is 2.42. The van der Waals surface area contributed by atoms with Gasteiger partial charge < -0.3 is 5.73 Å². The summed E-state index contributed by atoms with van der Waals surface area (Å²) in [7, 11) is 4.07. The molecule has 84 valence electrons. The van der Waals surface area contributed by atoms with Crippen molar-refractivity contribution >= 4 is 0 Å². The fourth-order valence-electron chi connectivity index (χ4n) is 2.53. The van der Waals surface area contributed by atoms with Crippen LogP contribution < -0.4 is 11.2 Å². The number of hydrogen-bond donors (Lipinski definition) is 2. The Hall–Kier alpha value is -0.120. The molecule has 0 bridgehead atoms. The average Bonchev–Trinajstić information content (AvgIpc) is 2.14. The van der Waals surface area contributed by atoms with Crippen LogP contribution in [0, 0.1) is 11.8 Å². The second-order valence-corrected chi connectivity index (χ2v) is 4.90. The van der Waals surface area contributed by atoms with Crippen molar-refractivity contribution in [1.29, 1.82) is 0 Å². The molecule has 14 heavy (non-hydrogen) atoms. The number of rotatable bonds is 4. The van der Waals surface area contributed by atoms with Gasteiger partial charge in [-0.2, -0.15) is 0 Å². The Labute approximate surface area is 88.0 Å². The normalized spacial score (nSPS) is 30.6. The van der Waals surface area contributed by atoms with Crippen molar-refractivity contribution in [2.24, 2.45) is 17.6 Å². The molecule has 0 aromatic carbocycles. The highest BCUT2D eigenvalue weighted by Crippen LogP contribution is 2.30. The minimum atomic E-state index is 0.466. The van der Waals surface area contributed by atoms with Crippen LogP contribution in [0.25, 0.3) is 0 Å². The predicted molar refractivity (Wildman–Crippen MR) is 60.8 cm³/mol. The fraction of sp³-hybridized carbons (Fsp3) is 1.00. The summed E-state index contributed by atoms with van der Waals surface area (Å²) < 4.78 is 0. The van der Waals surface area contributed by atoms with Gasteiger partial charge in [0.05, 0.1) is 0 Å². The molecule has 0 aromatic heterocycles. The molecule has 1 saturated carbocycles. The molecule has 0 amide bonds. The first-order chi connectivity index (χ1) is 6.63. The van der Waals surface area contributed by atoms with E-state index in [9.17, 15) is 0 Å². The van der Waals surface area contributed by atoms with E-state index in [2.05, 4.69) is 12.3 Å². The predicted octanol–water partition coefficient (Wildman–Crippen LogP) is 1.21. The van der Waals surface area contributed by atoms with Crippen molar-refractivity contribution in [2.45, 2.75) is 38.6 Å². The van der Waals surface area contributed by atoms with Crippen molar-refractivity contribution in [3.63, 3.8) is 0 Å². The summed E-state index contributed by atoms with van der Waals surface area (Å²) in [6.45, 7) is 3.10. The summed E-state index contributed by atoms with van der Waals surface area (Å²) in [6.07, 6.45) is 5.45. The molecule has 3 unspecified atom stereocenters. The standard InChI is InChI=1S/C11H25N3/c1-9-5-4-6-10(7-9)11(8-12)13-14(2)3/h9-11,13H,4-8,12H2,1-3H3. The summed E-state index contributed by atoms with van der Waals surface area (Å²) in [5, 5.41) is 2.02. The van der Waals surface area contributed by atoms with Gasteiger partial charge in [0.2, 0.25) is 0 Å². The summed E-state index contributed by atoms with van der Waals surface area (Å²) in [5.74, 6) is 1.65. The molecule has 3 atom stereocenters. The van der Waals surface area contributed by atoms with E-state index in [4.69, 9.17) is 5.73 Å². The van der Waals surface area contributed by atoms with Gasteiger partial charge in [-0.05, 0) is 24.7 Å². The molecule has 1 aliphatic rings. The molecule has 0 saturated heterocycles. The fourth-order valence-corrected chi connectivity index (χ4v) is 2.53.